The van der Waals surface area contributed by atoms with Crippen LogP contribution in [0.15, 0.2) is 22.0 Å². The Bertz CT molecular complexity index is 903. The molecule has 0 bridgehead atoms. The summed E-state index contributed by atoms with van der Waals surface area (Å²) in [5.74, 6) is 0.0924. The molecule has 1 fully saturated rings. The van der Waals surface area contributed by atoms with Crippen molar-refractivity contribution in [3.8, 4) is 0 Å². The predicted molar refractivity (Wildman–Crippen MR) is 118 cm³/mol. The molecule has 1 aliphatic carbocycles. The van der Waals surface area contributed by atoms with Crippen LogP contribution in [0.2, 0.25) is 0 Å². The molecule has 10 heteroatoms. The molecule has 1 unspecified atom stereocenters. The Hall–Kier alpha value is -2.75. The average Bonchev–Trinajstić information content (AvgIpc) is 3.41. The van der Waals surface area contributed by atoms with Gasteiger partial charge in [-0.3, -0.25) is 14.4 Å². The van der Waals surface area contributed by atoms with Gasteiger partial charge in [-0.25, -0.2) is 0 Å². The fourth-order valence-electron chi connectivity index (χ4n) is 4.07. The number of nitrogens with one attached hydrogen (secondary N) is 2. The van der Waals surface area contributed by atoms with E-state index in [0.29, 0.717) is 11.7 Å². The Kier molecular flexibility index (Phi) is 8.38. The van der Waals surface area contributed by atoms with E-state index in [2.05, 4.69) is 20.8 Å². The van der Waals surface area contributed by atoms with Crippen LogP contribution in [0.5, 0.6) is 0 Å². The van der Waals surface area contributed by atoms with Gasteiger partial charge >= 0.3 is 5.97 Å². The molecule has 0 radical (unpaired) electrons. The van der Waals surface area contributed by atoms with Gasteiger partial charge in [-0.2, -0.15) is 4.98 Å². The zero-order valence-corrected chi connectivity index (χ0v) is 19.3. The number of ether oxygens (including phenoxy) is 1. The lowest BCUT2D eigenvalue weighted by Crippen LogP contribution is -2.45. The number of hydrogen-bond donors (Lipinski definition) is 2. The lowest BCUT2D eigenvalue weighted by atomic mass is 9.89. The molecule has 0 spiro atoms. The van der Waals surface area contributed by atoms with Crippen LogP contribution in [0.3, 0.4) is 0 Å². The molecule has 2 heterocycles. The number of nitrogens with zero attached hydrogens (tertiary/aromatic N) is 2. The van der Waals surface area contributed by atoms with Crippen molar-refractivity contribution in [2.24, 2.45) is 0 Å². The lowest BCUT2D eigenvalue weighted by molar-refractivity contribution is -0.141. The Labute approximate surface area is 191 Å². The van der Waals surface area contributed by atoms with Crippen LogP contribution in [0, 0.1) is 0 Å². The van der Waals surface area contributed by atoms with E-state index in [0.717, 1.165) is 43.4 Å². The number of amides is 2. The van der Waals surface area contributed by atoms with Gasteiger partial charge in [0.1, 0.15) is 5.54 Å². The summed E-state index contributed by atoms with van der Waals surface area (Å²) in [5.41, 5.74) is -0.614. The van der Waals surface area contributed by atoms with E-state index in [-0.39, 0.29) is 31.1 Å². The molecule has 3 rings (SSSR count). The first-order chi connectivity index (χ1) is 15.4. The number of esters is 1. The highest BCUT2D eigenvalue weighted by molar-refractivity contribution is 7.10. The summed E-state index contributed by atoms with van der Waals surface area (Å²) in [6, 6.07) is 3.30. The smallest absolute Gasteiger partial charge is 0.307 e. The quantitative estimate of drug-likeness (QED) is 0.433. The van der Waals surface area contributed by atoms with Crippen molar-refractivity contribution in [2.75, 3.05) is 7.11 Å². The van der Waals surface area contributed by atoms with Gasteiger partial charge in [0.25, 0.3) is 0 Å². The predicted octanol–water partition coefficient (Wildman–Crippen LogP) is 3.17. The molecule has 9 nitrogen and oxygen atoms in total. The van der Waals surface area contributed by atoms with Gasteiger partial charge in [-0.05, 0) is 24.3 Å². The SMILES string of the molecule is COC(=O)CC(NC(=O)CCc1nc(C2(NC(C)=O)CCCCCC2)no1)c1cccs1. The minimum Gasteiger partial charge on any atom is -0.469 e. The average molecular weight is 463 g/mol. The van der Waals surface area contributed by atoms with Crippen LogP contribution < -0.4 is 10.6 Å². The summed E-state index contributed by atoms with van der Waals surface area (Å²) >= 11 is 1.47. The van der Waals surface area contributed by atoms with E-state index in [9.17, 15) is 14.4 Å². The molecule has 0 aliphatic heterocycles. The van der Waals surface area contributed by atoms with Crippen LogP contribution in [0.25, 0.3) is 0 Å². The summed E-state index contributed by atoms with van der Waals surface area (Å²) in [7, 11) is 1.32. The van der Waals surface area contributed by atoms with Crippen molar-refractivity contribution in [3.63, 3.8) is 0 Å². The first-order valence-electron chi connectivity index (χ1n) is 10.9. The van der Waals surface area contributed by atoms with Crippen LogP contribution in [-0.4, -0.2) is 35.0 Å². The van der Waals surface area contributed by atoms with Crippen molar-refractivity contribution in [3.05, 3.63) is 34.1 Å². The third-order valence-electron chi connectivity index (χ3n) is 5.65. The van der Waals surface area contributed by atoms with Crippen molar-refractivity contribution in [1.82, 2.24) is 20.8 Å². The van der Waals surface area contributed by atoms with Crippen LogP contribution in [0.1, 0.15) is 80.9 Å². The normalized spacial score (nSPS) is 16.6. The first kappa shape index (κ1) is 23.9. The highest BCUT2D eigenvalue weighted by Crippen LogP contribution is 2.34. The molecule has 1 atom stereocenters. The van der Waals surface area contributed by atoms with Gasteiger partial charge in [0.15, 0.2) is 5.82 Å². The van der Waals surface area contributed by atoms with Crippen LogP contribution in [0.4, 0.5) is 0 Å². The molecule has 0 aromatic carbocycles. The number of hydrogen-bond acceptors (Lipinski definition) is 8. The molecule has 2 aromatic heterocycles. The first-order valence-corrected chi connectivity index (χ1v) is 11.8. The zero-order valence-electron chi connectivity index (χ0n) is 18.5. The summed E-state index contributed by atoms with van der Waals surface area (Å²) < 4.78 is 10.2. The molecule has 2 amide bonds. The number of carbonyl (C=O) groups is 3. The van der Waals surface area contributed by atoms with Gasteiger partial charge in [-0.1, -0.05) is 36.9 Å². The maximum atomic E-state index is 12.5. The molecule has 1 aliphatic rings. The van der Waals surface area contributed by atoms with Crippen molar-refractivity contribution >= 4 is 29.1 Å². The molecule has 32 heavy (non-hydrogen) atoms. The fraction of sp³-hybridized carbons (Fsp3) is 0.591. The van der Waals surface area contributed by atoms with Crippen LogP contribution >= 0.6 is 11.3 Å². The summed E-state index contributed by atoms with van der Waals surface area (Å²) in [5, 5.41) is 12.0. The van der Waals surface area contributed by atoms with Crippen molar-refractivity contribution in [2.45, 2.75) is 76.3 Å². The largest absolute Gasteiger partial charge is 0.469 e. The number of thiophene rings is 1. The molecular weight excluding hydrogens is 432 g/mol. The minimum absolute atomic E-state index is 0.0622. The van der Waals surface area contributed by atoms with E-state index in [1.54, 1.807) is 0 Å². The molecule has 1 saturated carbocycles. The number of rotatable bonds is 9. The van der Waals surface area contributed by atoms with E-state index < -0.39 is 17.6 Å². The highest BCUT2D eigenvalue weighted by Gasteiger charge is 2.38. The number of aryl methyl sites for hydroxylation is 1. The van der Waals surface area contributed by atoms with Crippen molar-refractivity contribution in [1.29, 1.82) is 0 Å². The summed E-state index contributed by atoms with van der Waals surface area (Å²) in [6.45, 7) is 1.50. The summed E-state index contributed by atoms with van der Waals surface area (Å²) in [6.07, 6.45) is 6.19. The van der Waals surface area contributed by atoms with Gasteiger partial charge in [0.05, 0.1) is 19.6 Å². The van der Waals surface area contributed by atoms with Crippen LogP contribution in [-0.2, 0) is 31.1 Å². The molecule has 0 saturated heterocycles. The lowest BCUT2D eigenvalue weighted by Gasteiger charge is -2.30. The number of carbonyl (C=O) groups excluding carboxylic acids is 3. The van der Waals surface area contributed by atoms with E-state index in [1.807, 2.05) is 17.5 Å². The Morgan fingerprint density at radius 2 is 2.00 bits per heavy atom. The number of methoxy groups -OCH3 is 1. The van der Waals surface area contributed by atoms with E-state index in [1.165, 1.54) is 25.4 Å². The minimum atomic E-state index is -0.614. The van der Waals surface area contributed by atoms with E-state index >= 15 is 0 Å². The molecule has 2 aromatic rings. The van der Waals surface area contributed by atoms with Gasteiger partial charge < -0.3 is 19.9 Å². The topological polar surface area (TPSA) is 123 Å². The standard InChI is InChI=1S/C22H30N4O5S/c1-15(27)25-22(11-5-3-4-6-12-22)21-24-19(31-26-21)10-9-18(28)23-16(14-20(29)30-2)17-8-7-13-32-17/h7-8,13,16H,3-6,9-12,14H2,1-2H3,(H,23,28)(H,25,27). The zero-order chi connectivity index (χ0) is 23.0. The van der Waals surface area contributed by atoms with Gasteiger partial charge in [0, 0.05) is 24.6 Å². The Morgan fingerprint density at radius 3 is 2.62 bits per heavy atom. The second kappa shape index (κ2) is 11.2. The molecule has 2 N–H and O–H groups in total. The maximum Gasteiger partial charge on any atom is 0.307 e. The molecule has 174 valence electrons. The Balaban J connectivity index is 1.62. The van der Waals surface area contributed by atoms with Crippen molar-refractivity contribution < 1.29 is 23.6 Å². The highest BCUT2D eigenvalue weighted by atomic mass is 32.1. The van der Waals surface area contributed by atoms with E-state index in [4.69, 9.17) is 9.26 Å². The third kappa shape index (κ3) is 6.38. The number of aromatic nitrogens is 2. The Morgan fingerprint density at radius 1 is 1.25 bits per heavy atom. The maximum absolute atomic E-state index is 12.5. The fourth-order valence-corrected chi connectivity index (χ4v) is 4.85. The molecular formula is C22H30N4O5S. The van der Waals surface area contributed by atoms with Gasteiger partial charge in [0.2, 0.25) is 17.7 Å². The second-order valence-electron chi connectivity index (χ2n) is 8.11. The monoisotopic (exact) mass is 462 g/mol. The third-order valence-corrected chi connectivity index (χ3v) is 6.64. The van der Waals surface area contributed by atoms with Gasteiger partial charge in [-0.15, -0.1) is 11.3 Å². The summed E-state index contributed by atoms with van der Waals surface area (Å²) in [4.78, 5) is 41.5. The second-order valence-corrected chi connectivity index (χ2v) is 9.08.